The van der Waals surface area contributed by atoms with Gasteiger partial charge in [-0.2, -0.15) is 0 Å². The minimum Gasteiger partial charge on any atom is -0.493 e. The summed E-state index contributed by atoms with van der Waals surface area (Å²) in [6.07, 6.45) is 0.116. The fraction of sp³-hybridized carbons (Fsp3) is 0.385. The minimum atomic E-state index is -0.973. The van der Waals surface area contributed by atoms with E-state index in [0.29, 0.717) is 27.4 Å². The van der Waals surface area contributed by atoms with Gasteiger partial charge in [0.05, 0.1) is 28.9 Å². The summed E-state index contributed by atoms with van der Waals surface area (Å²) < 4.78 is 5.42. The Hall–Kier alpha value is -1.11. The summed E-state index contributed by atoms with van der Waals surface area (Å²) >= 11 is 13.1. The van der Waals surface area contributed by atoms with Crippen LogP contribution in [0.5, 0.6) is 5.75 Å². The van der Waals surface area contributed by atoms with Crippen LogP contribution in [0.25, 0.3) is 0 Å². The summed E-state index contributed by atoms with van der Waals surface area (Å²) in [7, 11) is 0. The summed E-state index contributed by atoms with van der Waals surface area (Å²) in [5.74, 6) is 0.145. The normalized spacial score (nSPS) is 17.8. The molecule has 0 aliphatic carbocycles. The number of aliphatic carboxylic acids is 1. The van der Waals surface area contributed by atoms with Crippen molar-refractivity contribution in [3.05, 3.63) is 28.2 Å². The van der Waals surface area contributed by atoms with Gasteiger partial charge in [0.2, 0.25) is 5.91 Å². The zero-order valence-corrected chi connectivity index (χ0v) is 13.2. The van der Waals surface area contributed by atoms with Crippen LogP contribution in [0, 0.1) is 0 Å². The van der Waals surface area contributed by atoms with Crippen LogP contribution in [-0.4, -0.2) is 46.2 Å². The van der Waals surface area contributed by atoms with Crippen LogP contribution in [-0.2, 0) is 9.59 Å². The molecule has 1 saturated heterocycles. The molecule has 114 valence electrons. The third-order valence-corrected chi connectivity index (χ3v) is 4.71. The molecule has 1 aromatic rings. The van der Waals surface area contributed by atoms with E-state index in [2.05, 4.69) is 0 Å². The Morgan fingerprint density at radius 2 is 2.14 bits per heavy atom. The number of carbonyl (C=O) groups is 2. The number of halogens is 2. The number of carboxylic acid groups (broad SMARTS) is 1. The summed E-state index contributed by atoms with van der Waals surface area (Å²) in [4.78, 5) is 24.4. The van der Waals surface area contributed by atoms with Crippen LogP contribution in [0.15, 0.2) is 18.2 Å². The topological polar surface area (TPSA) is 66.8 Å². The number of carbonyl (C=O) groups excluding carboxylic acids is 1. The number of hydrogen-bond acceptors (Lipinski definition) is 4. The van der Waals surface area contributed by atoms with Crippen molar-refractivity contribution >= 4 is 46.8 Å². The molecule has 0 spiro atoms. The van der Waals surface area contributed by atoms with Gasteiger partial charge in [0.1, 0.15) is 11.8 Å². The molecule has 0 bridgehead atoms. The van der Waals surface area contributed by atoms with Crippen molar-refractivity contribution in [1.29, 1.82) is 0 Å². The van der Waals surface area contributed by atoms with Gasteiger partial charge in [0.15, 0.2) is 0 Å². The Labute approximate surface area is 136 Å². The highest BCUT2D eigenvalue weighted by molar-refractivity contribution is 7.99. The van der Waals surface area contributed by atoms with Crippen LogP contribution >= 0.6 is 35.0 Å². The molecule has 1 aromatic carbocycles. The standard InChI is InChI=1S/C13H13Cl2NO4S/c14-9-2-1-8(5-10(9)15)20-4-3-12(17)16-7-21-6-11(16)13(18)19/h1-2,5,11H,3-4,6-7H2,(H,18,19). The first-order chi connectivity index (χ1) is 9.99. The minimum absolute atomic E-state index is 0.116. The lowest BCUT2D eigenvalue weighted by Crippen LogP contribution is -2.42. The maximum atomic E-state index is 12.0. The Kier molecular flexibility index (Phi) is 5.61. The maximum Gasteiger partial charge on any atom is 0.327 e. The average Bonchev–Trinajstić information content (AvgIpc) is 2.92. The predicted octanol–water partition coefficient (Wildman–Crippen LogP) is 2.75. The van der Waals surface area contributed by atoms with Gasteiger partial charge in [-0.3, -0.25) is 4.79 Å². The van der Waals surface area contributed by atoms with E-state index in [4.69, 9.17) is 33.0 Å². The monoisotopic (exact) mass is 349 g/mol. The SMILES string of the molecule is O=C(O)C1CSCN1C(=O)CCOc1ccc(Cl)c(Cl)c1. The van der Waals surface area contributed by atoms with Crippen molar-refractivity contribution in [3.63, 3.8) is 0 Å². The second kappa shape index (κ2) is 7.24. The Bertz CT molecular complexity index is 555. The molecule has 8 heteroatoms. The molecule has 2 rings (SSSR count). The number of benzene rings is 1. The van der Waals surface area contributed by atoms with E-state index in [0.717, 1.165) is 0 Å². The van der Waals surface area contributed by atoms with Gasteiger partial charge in [-0.05, 0) is 12.1 Å². The van der Waals surface area contributed by atoms with Gasteiger partial charge in [-0.1, -0.05) is 23.2 Å². The average molecular weight is 350 g/mol. The summed E-state index contributed by atoms with van der Waals surface area (Å²) in [6, 6.07) is 4.09. The Balaban J connectivity index is 1.84. The second-order valence-electron chi connectivity index (χ2n) is 4.39. The molecule has 1 N–H and O–H groups in total. The van der Waals surface area contributed by atoms with E-state index in [1.807, 2.05) is 0 Å². The van der Waals surface area contributed by atoms with E-state index >= 15 is 0 Å². The molecule has 1 atom stereocenters. The van der Waals surface area contributed by atoms with E-state index in [1.165, 1.54) is 16.7 Å². The Morgan fingerprint density at radius 3 is 2.81 bits per heavy atom. The van der Waals surface area contributed by atoms with Crippen molar-refractivity contribution in [1.82, 2.24) is 4.90 Å². The number of amides is 1. The largest absolute Gasteiger partial charge is 0.493 e. The summed E-state index contributed by atoms with van der Waals surface area (Å²) in [5.41, 5.74) is 0. The van der Waals surface area contributed by atoms with Crippen molar-refractivity contribution in [3.8, 4) is 5.75 Å². The third kappa shape index (κ3) is 4.18. The van der Waals surface area contributed by atoms with Gasteiger partial charge in [-0.15, -0.1) is 11.8 Å². The molecule has 1 aliphatic rings. The first kappa shape index (κ1) is 16.3. The highest BCUT2D eigenvalue weighted by Gasteiger charge is 2.34. The van der Waals surface area contributed by atoms with Crippen LogP contribution < -0.4 is 4.74 Å². The zero-order chi connectivity index (χ0) is 15.4. The molecular weight excluding hydrogens is 337 g/mol. The van der Waals surface area contributed by atoms with Crippen molar-refractivity contribution < 1.29 is 19.4 Å². The van der Waals surface area contributed by atoms with Crippen LogP contribution in [0.1, 0.15) is 6.42 Å². The summed E-state index contributed by atoms with van der Waals surface area (Å²) in [6.45, 7) is 0.157. The van der Waals surface area contributed by atoms with Crippen LogP contribution in [0.2, 0.25) is 10.0 Å². The molecule has 1 amide bonds. The number of hydrogen-bond donors (Lipinski definition) is 1. The molecule has 1 aliphatic heterocycles. The molecule has 0 saturated carbocycles. The highest BCUT2D eigenvalue weighted by atomic mass is 35.5. The fourth-order valence-electron chi connectivity index (χ4n) is 1.86. The van der Waals surface area contributed by atoms with Crippen molar-refractivity contribution in [2.75, 3.05) is 18.2 Å². The van der Waals surface area contributed by atoms with E-state index in [1.54, 1.807) is 18.2 Å². The highest BCUT2D eigenvalue weighted by Crippen LogP contribution is 2.26. The molecular formula is C13H13Cl2NO4S. The molecule has 21 heavy (non-hydrogen) atoms. The molecule has 5 nitrogen and oxygen atoms in total. The van der Waals surface area contributed by atoms with Gasteiger partial charge < -0.3 is 14.7 Å². The number of carboxylic acids is 1. The molecule has 0 radical (unpaired) electrons. The third-order valence-electron chi connectivity index (χ3n) is 2.96. The van der Waals surface area contributed by atoms with Gasteiger partial charge in [0, 0.05) is 11.8 Å². The maximum absolute atomic E-state index is 12.0. The molecule has 0 aromatic heterocycles. The quantitative estimate of drug-likeness (QED) is 0.885. The van der Waals surface area contributed by atoms with Crippen molar-refractivity contribution in [2.45, 2.75) is 12.5 Å². The molecule has 1 heterocycles. The molecule has 1 fully saturated rings. The first-order valence-electron chi connectivity index (χ1n) is 6.17. The van der Waals surface area contributed by atoms with Gasteiger partial charge in [0.25, 0.3) is 0 Å². The number of nitrogens with zero attached hydrogens (tertiary/aromatic N) is 1. The predicted molar refractivity (Wildman–Crippen MR) is 82.2 cm³/mol. The van der Waals surface area contributed by atoms with Crippen molar-refractivity contribution in [2.24, 2.45) is 0 Å². The zero-order valence-electron chi connectivity index (χ0n) is 10.9. The van der Waals surface area contributed by atoms with Gasteiger partial charge in [-0.25, -0.2) is 4.79 Å². The lowest BCUT2D eigenvalue weighted by atomic mass is 10.2. The number of ether oxygens (including phenoxy) is 1. The lowest BCUT2D eigenvalue weighted by molar-refractivity contribution is -0.147. The smallest absolute Gasteiger partial charge is 0.327 e. The number of thioether (sulfide) groups is 1. The van der Waals surface area contributed by atoms with E-state index in [9.17, 15) is 9.59 Å². The van der Waals surface area contributed by atoms with Crippen LogP contribution in [0.4, 0.5) is 0 Å². The summed E-state index contributed by atoms with van der Waals surface area (Å²) in [5, 5.41) is 9.83. The second-order valence-corrected chi connectivity index (χ2v) is 6.21. The number of rotatable bonds is 5. The first-order valence-corrected chi connectivity index (χ1v) is 8.08. The van der Waals surface area contributed by atoms with Crippen LogP contribution in [0.3, 0.4) is 0 Å². The van der Waals surface area contributed by atoms with E-state index < -0.39 is 12.0 Å². The fourth-order valence-corrected chi connectivity index (χ4v) is 3.32. The molecule has 1 unspecified atom stereocenters. The lowest BCUT2D eigenvalue weighted by Gasteiger charge is -2.20. The van der Waals surface area contributed by atoms with E-state index in [-0.39, 0.29) is 18.9 Å². The van der Waals surface area contributed by atoms with Gasteiger partial charge >= 0.3 is 5.97 Å². The Morgan fingerprint density at radius 1 is 1.38 bits per heavy atom.